The summed E-state index contributed by atoms with van der Waals surface area (Å²) in [5.74, 6) is -3.07. The molecule has 1 heterocycles. The Bertz CT molecular complexity index is 563. The molecule has 1 aromatic heterocycles. The number of anilines is 1. The van der Waals surface area contributed by atoms with Crippen LogP contribution in [0, 0.1) is 24.4 Å². The molecule has 2 rings (SSSR count). The molecule has 0 saturated heterocycles. The van der Waals surface area contributed by atoms with Crippen LogP contribution in [0.1, 0.15) is 9.75 Å². The molecule has 0 amide bonds. The van der Waals surface area contributed by atoms with Gasteiger partial charge in [0.2, 0.25) is 0 Å². The Balaban J connectivity index is 2.15. The third kappa shape index (κ3) is 2.87. The Kier molecular flexibility index (Phi) is 3.97. The SMILES string of the molecule is Cc1sc(CNc2cc(F)cc(F)c2F)cc1Br. The molecule has 0 aliphatic rings. The van der Waals surface area contributed by atoms with Crippen LogP contribution in [-0.2, 0) is 6.54 Å². The van der Waals surface area contributed by atoms with Gasteiger partial charge in [-0.1, -0.05) is 0 Å². The van der Waals surface area contributed by atoms with Crippen molar-refractivity contribution in [3.63, 3.8) is 0 Å². The van der Waals surface area contributed by atoms with E-state index >= 15 is 0 Å². The summed E-state index contributed by atoms with van der Waals surface area (Å²) >= 11 is 4.90. The van der Waals surface area contributed by atoms with Crippen LogP contribution in [-0.4, -0.2) is 0 Å². The van der Waals surface area contributed by atoms with Crippen molar-refractivity contribution in [2.45, 2.75) is 13.5 Å². The van der Waals surface area contributed by atoms with Gasteiger partial charge in [-0.25, -0.2) is 13.2 Å². The first-order valence-corrected chi connectivity index (χ1v) is 6.71. The van der Waals surface area contributed by atoms with Crippen LogP contribution in [0.3, 0.4) is 0 Å². The van der Waals surface area contributed by atoms with Gasteiger partial charge in [0.15, 0.2) is 11.6 Å². The maximum atomic E-state index is 13.4. The number of halogens is 4. The first-order valence-electron chi connectivity index (χ1n) is 5.10. The van der Waals surface area contributed by atoms with E-state index in [1.54, 1.807) is 0 Å². The van der Waals surface area contributed by atoms with Crippen LogP contribution in [0.5, 0.6) is 0 Å². The zero-order chi connectivity index (χ0) is 13.3. The number of thiophene rings is 1. The average molecular weight is 336 g/mol. The fourth-order valence-electron chi connectivity index (χ4n) is 1.47. The third-order valence-corrected chi connectivity index (χ3v) is 4.49. The fraction of sp³-hybridized carbons (Fsp3) is 0.167. The van der Waals surface area contributed by atoms with E-state index in [0.29, 0.717) is 12.6 Å². The van der Waals surface area contributed by atoms with Crippen molar-refractivity contribution in [1.29, 1.82) is 0 Å². The molecule has 2 aromatic rings. The van der Waals surface area contributed by atoms with Gasteiger partial charge < -0.3 is 5.32 Å². The highest BCUT2D eigenvalue weighted by Gasteiger charge is 2.11. The second kappa shape index (κ2) is 5.32. The first-order chi connectivity index (χ1) is 8.47. The van der Waals surface area contributed by atoms with Gasteiger partial charge in [-0.05, 0) is 28.9 Å². The van der Waals surface area contributed by atoms with Gasteiger partial charge >= 0.3 is 0 Å². The predicted molar refractivity (Wildman–Crippen MR) is 70.4 cm³/mol. The smallest absolute Gasteiger partial charge is 0.182 e. The zero-order valence-electron chi connectivity index (χ0n) is 9.36. The number of hydrogen-bond donors (Lipinski definition) is 1. The Morgan fingerprint density at radius 1 is 1.22 bits per heavy atom. The molecule has 0 bridgehead atoms. The predicted octanol–water partition coefficient (Wildman–Crippen LogP) is 4.85. The van der Waals surface area contributed by atoms with Gasteiger partial charge in [0, 0.05) is 32.9 Å². The Morgan fingerprint density at radius 3 is 2.56 bits per heavy atom. The van der Waals surface area contributed by atoms with Gasteiger partial charge in [0.1, 0.15) is 5.82 Å². The van der Waals surface area contributed by atoms with Crippen LogP contribution < -0.4 is 5.32 Å². The van der Waals surface area contributed by atoms with Crippen LogP contribution in [0.2, 0.25) is 0 Å². The van der Waals surface area contributed by atoms with Crippen LogP contribution in [0.15, 0.2) is 22.7 Å². The maximum absolute atomic E-state index is 13.4. The van der Waals surface area contributed by atoms with E-state index in [9.17, 15) is 13.2 Å². The molecule has 0 aliphatic heterocycles. The quantitative estimate of drug-likeness (QED) is 0.790. The van der Waals surface area contributed by atoms with Crippen molar-refractivity contribution < 1.29 is 13.2 Å². The van der Waals surface area contributed by atoms with E-state index in [0.717, 1.165) is 20.3 Å². The van der Waals surface area contributed by atoms with Gasteiger partial charge in [0.05, 0.1) is 5.69 Å². The lowest BCUT2D eigenvalue weighted by molar-refractivity contribution is 0.497. The summed E-state index contributed by atoms with van der Waals surface area (Å²) in [5, 5.41) is 2.69. The molecule has 96 valence electrons. The summed E-state index contributed by atoms with van der Waals surface area (Å²) in [4.78, 5) is 2.04. The second-order valence-electron chi connectivity index (χ2n) is 3.72. The van der Waals surface area contributed by atoms with Crippen molar-refractivity contribution in [3.05, 3.63) is 49.9 Å². The zero-order valence-corrected chi connectivity index (χ0v) is 11.8. The Labute approximate surface area is 115 Å². The summed E-state index contributed by atoms with van der Waals surface area (Å²) in [7, 11) is 0. The molecule has 1 aromatic carbocycles. The van der Waals surface area contributed by atoms with E-state index in [1.165, 1.54) is 11.3 Å². The van der Waals surface area contributed by atoms with Crippen molar-refractivity contribution in [2.75, 3.05) is 5.32 Å². The van der Waals surface area contributed by atoms with Gasteiger partial charge in [-0.15, -0.1) is 11.3 Å². The Hall–Kier alpha value is -1.01. The number of hydrogen-bond acceptors (Lipinski definition) is 2. The van der Waals surface area contributed by atoms with E-state index in [2.05, 4.69) is 21.2 Å². The van der Waals surface area contributed by atoms with Crippen molar-refractivity contribution in [1.82, 2.24) is 0 Å². The van der Waals surface area contributed by atoms with Crippen LogP contribution in [0.4, 0.5) is 18.9 Å². The van der Waals surface area contributed by atoms with E-state index < -0.39 is 17.5 Å². The molecule has 0 radical (unpaired) electrons. The highest BCUT2D eigenvalue weighted by molar-refractivity contribution is 9.10. The highest BCUT2D eigenvalue weighted by atomic mass is 79.9. The van der Waals surface area contributed by atoms with Crippen LogP contribution in [0.25, 0.3) is 0 Å². The maximum Gasteiger partial charge on any atom is 0.182 e. The molecule has 1 N–H and O–H groups in total. The van der Waals surface area contributed by atoms with Crippen molar-refractivity contribution in [2.24, 2.45) is 0 Å². The molecule has 0 spiro atoms. The van der Waals surface area contributed by atoms with Crippen LogP contribution >= 0.6 is 27.3 Å². The Morgan fingerprint density at radius 2 is 1.94 bits per heavy atom. The first kappa shape index (κ1) is 13.4. The number of nitrogens with one attached hydrogen (secondary N) is 1. The summed E-state index contributed by atoms with van der Waals surface area (Å²) in [5.41, 5.74) is -0.172. The summed E-state index contributed by atoms with van der Waals surface area (Å²) in [6.07, 6.45) is 0. The number of benzene rings is 1. The minimum absolute atomic E-state index is 0.172. The van der Waals surface area contributed by atoms with Gasteiger partial charge in [0.25, 0.3) is 0 Å². The molecule has 1 nitrogen and oxygen atoms in total. The lowest BCUT2D eigenvalue weighted by Crippen LogP contribution is -2.02. The van der Waals surface area contributed by atoms with Crippen molar-refractivity contribution >= 4 is 33.0 Å². The number of aryl methyl sites for hydroxylation is 1. The molecule has 0 atom stereocenters. The summed E-state index contributed by atoms with van der Waals surface area (Å²) in [6, 6.07) is 3.35. The fourth-order valence-corrected chi connectivity index (χ4v) is 3.01. The standard InChI is InChI=1S/C12H9BrF3NS/c1-6-9(13)4-8(18-6)5-17-11-3-7(14)2-10(15)12(11)16/h2-4,17H,5H2,1H3. The number of rotatable bonds is 3. The molecule has 0 fully saturated rings. The molecule has 6 heteroatoms. The molecular formula is C12H9BrF3NS. The third-order valence-electron chi connectivity index (χ3n) is 2.35. The largest absolute Gasteiger partial charge is 0.378 e. The monoisotopic (exact) mass is 335 g/mol. The van der Waals surface area contributed by atoms with E-state index in [1.807, 2.05) is 13.0 Å². The minimum atomic E-state index is -1.19. The normalized spacial score (nSPS) is 10.7. The molecule has 0 saturated carbocycles. The summed E-state index contributed by atoms with van der Waals surface area (Å²) < 4.78 is 40.3. The summed E-state index contributed by atoms with van der Waals surface area (Å²) in [6.45, 7) is 2.26. The molecule has 0 aliphatic carbocycles. The molecule has 0 unspecified atom stereocenters. The average Bonchev–Trinajstić information content (AvgIpc) is 2.61. The highest BCUT2D eigenvalue weighted by Crippen LogP contribution is 2.27. The van der Waals surface area contributed by atoms with Gasteiger partial charge in [-0.2, -0.15) is 0 Å². The van der Waals surface area contributed by atoms with Crippen molar-refractivity contribution in [3.8, 4) is 0 Å². The molecular weight excluding hydrogens is 327 g/mol. The van der Waals surface area contributed by atoms with E-state index in [4.69, 9.17) is 0 Å². The van der Waals surface area contributed by atoms with E-state index in [-0.39, 0.29) is 5.69 Å². The lowest BCUT2D eigenvalue weighted by Gasteiger charge is -2.07. The molecule has 18 heavy (non-hydrogen) atoms. The van der Waals surface area contributed by atoms with Gasteiger partial charge in [-0.3, -0.25) is 0 Å². The lowest BCUT2D eigenvalue weighted by atomic mass is 10.2. The topological polar surface area (TPSA) is 12.0 Å². The second-order valence-corrected chi connectivity index (χ2v) is 5.91. The minimum Gasteiger partial charge on any atom is -0.378 e.